The van der Waals surface area contributed by atoms with E-state index in [0.717, 1.165) is 12.6 Å². The predicted octanol–water partition coefficient (Wildman–Crippen LogP) is 2.88. The Morgan fingerprint density at radius 3 is 2.72 bits per heavy atom. The highest BCUT2D eigenvalue weighted by Crippen LogP contribution is 2.16. The van der Waals surface area contributed by atoms with Crippen molar-refractivity contribution in [3.05, 3.63) is 34.9 Å². The lowest BCUT2D eigenvalue weighted by molar-refractivity contribution is 0.274. The molecule has 0 aromatic heterocycles. The third kappa shape index (κ3) is 3.56. The van der Waals surface area contributed by atoms with Crippen LogP contribution in [-0.2, 0) is 6.54 Å². The zero-order chi connectivity index (χ0) is 13.0. The number of benzene rings is 1. The molecule has 0 spiro atoms. The van der Waals surface area contributed by atoms with Crippen LogP contribution in [0.5, 0.6) is 0 Å². The minimum Gasteiger partial charge on any atom is -0.317 e. The van der Waals surface area contributed by atoms with Crippen LogP contribution in [0.15, 0.2) is 18.2 Å². The minimum atomic E-state index is 0.717. The van der Waals surface area contributed by atoms with Gasteiger partial charge in [0, 0.05) is 12.6 Å². The molecule has 18 heavy (non-hydrogen) atoms. The Labute approximate surface area is 111 Å². The molecule has 0 radical (unpaired) electrons. The molecule has 0 aliphatic carbocycles. The molecule has 2 nitrogen and oxygen atoms in total. The Hall–Kier alpha value is -0.860. The summed E-state index contributed by atoms with van der Waals surface area (Å²) in [7, 11) is 2.09. The summed E-state index contributed by atoms with van der Waals surface area (Å²) < 4.78 is 0. The van der Waals surface area contributed by atoms with Gasteiger partial charge >= 0.3 is 0 Å². The summed E-state index contributed by atoms with van der Waals surface area (Å²) >= 11 is 0. The van der Waals surface area contributed by atoms with Crippen molar-refractivity contribution in [1.29, 1.82) is 0 Å². The molecule has 0 saturated carbocycles. The van der Waals surface area contributed by atoms with Crippen LogP contribution < -0.4 is 5.32 Å². The SMILES string of the molecule is CNC1CCCN(Cc2ccc(C)c(C)c2)CC1. The van der Waals surface area contributed by atoms with Crippen LogP contribution in [0.3, 0.4) is 0 Å². The van der Waals surface area contributed by atoms with E-state index in [1.807, 2.05) is 0 Å². The van der Waals surface area contributed by atoms with E-state index < -0.39 is 0 Å². The summed E-state index contributed by atoms with van der Waals surface area (Å²) in [6.07, 6.45) is 3.91. The van der Waals surface area contributed by atoms with E-state index in [0.29, 0.717) is 0 Å². The Kier molecular flexibility index (Phi) is 4.79. The van der Waals surface area contributed by atoms with Crippen molar-refractivity contribution >= 4 is 0 Å². The fraction of sp³-hybridized carbons (Fsp3) is 0.625. The van der Waals surface area contributed by atoms with Gasteiger partial charge in [0.25, 0.3) is 0 Å². The first kappa shape index (κ1) is 13.6. The molecule has 1 N–H and O–H groups in total. The molecule has 1 aliphatic heterocycles. The Balaban J connectivity index is 1.94. The monoisotopic (exact) mass is 246 g/mol. The molecular formula is C16H26N2. The Bertz CT molecular complexity index is 387. The number of hydrogen-bond acceptors (Lipinski definition) is 2. The lowest BCUT2D eigenvalue weighted by atomic mass is 10.1. The molecule has 2 rings (SSSR count). The first-order chi connectivity index (χ1) is 8.69. The van der Waals surface area contributed by atoms with Gasteiger partial charge in [0.2, 0.25) is 0 Å². The first-order valence-electron chi connectivity index (χ1n) is 7.15. The molecule has 100 valence electrons. The summed E-state index contributed by atoms with van der Waals surface area (Å²) in [5.74, 6) is 0. The quantitative estimate of drug-likeness (QED) is 0.882. The molecule has 0 amide bonds. The molecule has 1 heterocycles. The van der Waals surface area contributed by atoms with Crippen LogP contribution in [0.1, 0.15) is 36.0 Å². The van der Waals surface area contributed by atoms with Crippen molar-refractivity contribution in [2.24, 2.45) is 0 Å². The van der Waals surface area contributed by atoms with Gasteiger partial charge in [-0.1, -0.05) is 18.2 Å². The summed E-state index contributed by atoms with van der Waals surface area (Å²) in [5, 5.41) is 3.42. The molecule has 1 aliphatic rings. The summed E-state index contributed by atoms with van der Waals surface area (Å²) in [5.41, 5.74) is 4.27. The number of nitrogens with one attached hydrogen (secondary N) is 1. The van der Waals surface area contributed by atoms with E-state index in [1.165, 1.54) is 49.0 Å². The first-order valence-corrected chi connectivity index (χ1v) is 7.15. The van der Waals surface area contributed by atoms with Crippen LogP contribution in [0.4, 0.5) is 0 Å². The predicted molar refractivity (Wildman–Crippen MR) is 77.9 cm³/mol. The fourth-order valence-corrected chi connectivity index (χ4v) is 2.76. The average Bonchev–Trinajstić information content (AvgIpc) is 2.59. The van der Waals surface area contributed by atoms with Crippen molar-refractivity contribution in [3.8, 4) is 0 Å². The van der Waals surface area contributed by atoms with Gasteiger partial charge in [0.15, 0.2) is 0 Å². The van der Waals surface area contributed by atoms with E-state index in [2.05, 4.69) is 49.3 Å². The second-order valence-electron chi connectivity index (χ2n) is 5.61. The van der Waals surface area contributed by atoms with Gasteiger partial charge in [-0.15, -0.1) is 0 Å². The molecule has 1 fully saturated rings. The van der Waals surface area contributed by atoms with Gasteiger partial charge in [0.1, 0.15) is 0 Å². The van der Waals surface area contributed by atoms with E-state index in [4.69, 9.17) is 0 Å². The summed E-state index contributed by atoms with van der Waals surface area (Å²) in [6, 6.07) is 7.59. The van der Waals surface area contributed by atoms with Gasteiger partial charge in [-0.2, -0.15) is 0 Å². The molecule has 1 aromatic carbocycles. The summed E-state index contributed by atoms with van der Waals surface area (Å²) in [4.78, 5) is 2.60. The Morgan fingerprint density at radius 1 is 1.17 bits per heavy atom. The third-order valence-electron chi connectivity index (χ3n) is 4.21. The van der Waals surface area contributed by atoms with E-state index in [9.17, 15) is 0 Å². The van der Waals surface area contributed by atoms with Crippen LogP contribution in [0.25, 0.3) is 0 Å². The smallest absolute Gasteiger partial charge is 0.0233 e. The van der Waals surface area contributed by atoms with Crippen LogP contribution in [0, 0.1) is 13.8 Å². The number of hydrogen-bond donors (Lipinski definition) is 1. The topological polar surface area (TPSA) is 15.3 Å². The van der Waals surface area contributed by atoms with Crippen LogP contribution in [0.2, 0.25) is 0 Å². The maximum atomic E-state index is 3.42. The van der Waals surface area contributed by atoms with Gasteiger partial charge in [-0.3, -0.25) is 4.90 Å². The maximum absolute atomic E-state index is 3.42. The summed E-state index contributed by atoms with van der Waals surface area (Å²) in [6.45, 7) is 7.96. The largest absolute Gasteiger partial charge is 0.317 e. The number of nitrogens with zero attached hydrogens (tertiary/aromatic N) is 1. The van der Waals surface area contributed by atoms with Crippen molar-refractivity contribution in [3.63, 3.8) is 0 Å². The second kappa shape index (κ2) is 6.35. The number of aryl methyl sites for hydroxylation is 2. The van der Waals surface area contributed by atoms with E-state index in [1.54, 1.807) is 0 Å². The number of likely N-dealkylation sites (tertiary alicyclic amines) is 1. The fourth-order valence-electron chi connectivity index (χ4n) is 2.76. The zero-order valence-corrected chi connectivity index (χ0v) is 12.0. The molecule has 1 unspecified atom stereocenters. The molecule has 1 atom stereocenters. The molecule has 1 aromatic rings. The lowest BCUT2D eigenvalue weighted by Crippen LogP contribution is -2.28. The lowest BCUT2D eigenvalue weighted by Gasteiger charge is -2.20. The Morgan fingerprint density at radius 2 is 2.00 bits per heavy atom. The maximum Gasteiger partial charge on any atom is 0.0233 e. The van der Waals surface area contributed by atoms with Crippen LogP contribution in [-0.4, -0.2) is 31.1 Å². The third-order valence-corrected chi connectivity index (χ3v) is 4.21. The van der Waals surface area contributed by atoms with Crippen LogP contribution >= 0.6 is 0 Å². The zero-order valence-electron chi connectivity index (χ0n) is 12.0. The van der Waals surface area contributed by atoms with Crippen molar-refractivity contribution in [2.45, 2.75) is 45.7 Å². The normalized spacial score (nSPS) is 21.8. The van der Waals surface area contributed by atoms with Crippen molar-refractivity contribution in [2.75, 3.05) is 20.1 Å². The van der Waals surface area contributed by atoms with Gasteiger partial charge in [-0.25, -0.2) is 0 Å². The standard InChI is InChI=1S/C16H26N2/c1-13-6-7-15(11-14(13)2)12-18-9-4-5-16(17-3)8-10-18/h6-7,11,16-17H,4-5,8-10,12H2,1-3H3. The second-order valence-corrected chi connectivity index (χ2v) is 5.61. The molecule has 1 saturated heterocycles. The van der Waals surface area contributed by atoms with E-state index in [-0.39, 0.29) is 0 Å². The molecule has 0 bridgehead atoms. The van der Waals surface area contributed by atoms with Crippen molar-refractivity contribution in [1.82, 2.24) is 10.2 Å². The minimum absolute atomic E-state index is 0.717. The molecule has 2 heteroatoms. The van der Waals surface area contributed by atoms with Gasteiger partial charge in [0.05, 0.1) is 0 Å². The highest BCUT2D eigenvalue weighted by molar-refractivity contribution is 5.29. The van der Waals surface area contributed by atoms with Gasteiger partial charge in [-0.05, 0) is 69.9 Å². The van der Waals surface area contributed by atoms with E-state index >= 15 is 0 Å². The highest BCUT2D eigenvalue weighted by atomic mass is 15.1. The molecular weight excluding hydrogens is 220 g/mol. The number of rotatable bonds is 3. The highest BCUT2D eigenvalue weighted by Gasteiger charge is 2.15. The van der Waals surface area contributed by atoms with Crippen molar-refractivity contribution < 1.29 is 0 Å². The average molecular weight is 246 g/mol. The van der Waals surface area contributed by atoms with Gasteiger partial charge < -0.3 is 5.32 Å².